The Bertz CT molecular complexity index is 636. The van der Waals surface area contributed by atoms with Gasteiger partial charge in [0.2, 0.25) is 5.91 Å². The van der Waals surface area contributed by atoms with Crippen LogP contribution >= 0.6 is 0 Å². The van der Waals surface area contributed by atoms with Crippen LogP contribution in [-0.4, -0.2) is 17.6 Å². The molecule has 5 nitrogen and oxygen atoms in total. The van der Waals surface area contributed by atoms with Gasteiger partial charge < -0.3 is 14.7 Å². The van der Waals surface area contributed by atoms with Gasteiger partial charge in [0.05, 0.1) is 23.8 Å². The van der Waals surface area contributed by atoms with Gasteiger partial charge in [-0.05, 0) is 19.1 Å². The summed E-state index contributed by atoms with van der Waals surface area (Å²) in [6.45, 7) is 5.10. The molecule has 0 fully saturated rings. The number of amides is 1. The van der Waals surface area contributed by atoms with Gasteiger partial charge in [0.25, 0.3) is 0 Å². The van der Waals surface area contributed by atoms with E-state index < -0.39 is 0 Å². The Kier molecular flexibility index (Phi) is 3.18. The number of para-hydroxylation sites is 2. The van der Waals surface area contributed by atoms with Gasteiger partial charge in [-0.2, -0.15) is 0 Å². The first-order chi connectivity index (χ1) is 9.63. The van der Waals surface area contributed by atoms with Crippen molar-refractivity contribution in [2.45, 2.75) is 20.4 Å². The molecule has 2 heterocycles. The SMILES string of the molecule is Cc1cc(CN2CC(C)C(=O)Nc3ccccc32)no1. The van der Waals surface area contributed by atoms with Gasteiger partial charge in [-0.15, -0.1) is 0 Å². The van der Waals surface area contributed by atoms with Crippen LogP contribution in [0.3, 0.4) is 0 Å². The maximum Gasteiger partial charge on any atom is 0.229 e. The molecular formula is C15H17N3O2. The molecule has 0 saturated heterocycles. The quantitative estimate of drug-likeness (QED) is 0.912. The van der Waals surface area contributed by atoms with E-state index in [2.05, 4.69) is 15.4 Å². The molecule has 0 saturated carbocycles. The van der Waals surface area contributed by atoms with Crippen molar-refractivity contribution in [2.24, 2.45) is 5.92 Å². The van der Waals surface area contributed by atoms with E-state index in [0.29, 0.717) is 13.1 Å². The van der Waals surface area contributed by atoms with Gasteiger partial charge in [-0.1, -0.05) is 24.2 Å². The summed E-state index contributed by atoms with van der Waals surface area (Å²) in [5.74, 6) is 0.775. The van der Waals surface area contributed by atoms with E-state index in [9.17, 15) is 4.79 Å². The number of fused-ring (bicyclic) bond motifs is 1. The fourth-order valence-electron chi connectivity index (χ4n) is 2.46. The van der Waals surface area contributed by atoms with Crippen molar-refractivity contribution in [3.63, 3.8) is 0 Å². The lowest BCUT2D eigenvalue weighted by Gasteiger charge is -2.24. The van der Waals surface area contributed by atoms with Crippen LogP contribution in [0.2, 0.25) is 0 Å². The number of carbonyl (C=O) groups is 1. The fourth-order valence-corrected chi connectivity index (χ4v) is 2.46. The smallest absolute Gasteiger partial charge is 0.229 e. The molecule has 0 spiro atoms. The van der Waals surface area contributed by atoms with E-state index in [1.807, 2.05) is 44.2 Å². The second-order valence-electron chi connectivity index (χ2n) is 5.22. The molecule has 1 aromatic carbocycles. The van der Waals surface area contributed by atoms with E-state index in [1.165, 1.54) is 0 Å². The molecule has 20 heavy (non-hydrogen) atoms. The standard InChI is InChI=1S/C15H17N3O2/c1-10-8-18(9-12-7-11(2)20-17-12)14-6-4-3-5-13(14)16-15(10)19/h3-7,10H,8-9H2,1-2H3,(H,16,19). The van der Waals surface area contributed by atoms with Gasteiger partial charge in [0, 0.05) is 12.6 Å². The van der Waals surface area contributed by atoms with E-state index >= 15 is 0 Å². The van der Waals surface area contributed by atoms with Crippen molar-refractivity contribution in [1.82, 2.24) is 5.16 Å². The van der Waals surface area contributed by atoms with Crippen molar-refractivity contribution in [2.75, 3.05) is 16.8 Å². The molecule has 2 aromatic rings. The molecule has 3 rings (SSSR count). The van der Waals surface area contributed by atoms with Crippen molar-refractivity contribution < 1.29 is 9.32 Å². The highest BCUT2D eigenvalue weighted by molar-refractivity contribution is 5.97. The van der Waals surface area contributed by atoms with E-state index in [4.69, 9.17) is 4.52 Å². The fraction of sp³-hybridized carbons (Fsp3) is 0.333. The molecule has 1 aliphatic rings. The molecule has 1 unspecified atom stereocenters. The molecule has 1 N–H and O–H groups in total. The zero-order valence-electron chi connectivity index (χ0n) is 11.6. The molecule has 1 atom stereocenters. The second kappa shape index (κ2) is 5.00. The Morgan fingerprint density at radius 3 is 3.00 bits per heavy atom. The second-order valence-corrected chi connectivity index (χ2v) is 5.22. The third kappa shape index (κ3) is 2.39. The van der Waals surface area contributed by atoms with Crippen LogP contribution in [0.25, 0.3) is 0 Å². The summed E-state index contributed by atoms with van der Waals surface area (Å²) in [7, 11) is 0. The zero-order chi connectivity index (χ0) is 14.1. The first kappa shape index (κ1) is 12.7. The number of aryl methyl sites for hydroxylation is 1. The summed E-state index contributed by atoms with van der Waals surface area (Å²) in [6, 6.07) is 9.76. The van der Waals surface area contributed by atoms with Crippen LogP contribution < -0.4 is 10.2 Å². The highest BCUT2D eigenvalue weighted by Gasteiger charge is 2.25. The Labute approximate surface area is 117 Å². The summed E-state index contributed by atoms with van der Waals surface area (Å²) >= 11 is 0. The normalized spacial score (nSPS) is 18.4. The van der Waals surface area contributed by atoms with Gasteiger partial charge in [0.1, 0.15) is 11.5 Å². The van der Waals surface area contributed by atoms with Crippen LogP contribution in [0.5, 0.6) is 0 Å². The Morgan fingerprint density at radius 2 is 2.25 bits per heavy atom. The van der Waals surface area contributed by atoms with Crippen LogP contribution in [0.1, 0.15) is 18.4 Å². The molecular weight excluding hydrogens is 254 g/mol. The predicted molar refractivity (Wildman–Crippen MR) is 76.5 cm³/mol. The van der Waals surface area contributed by atoms with Gasteiger partial charge in [-0.25, -0.2) is 0 Å². The Balaban J connectivity index is 1.94. The largest absolute Gasteiger partial charge is 0.363 e. The maximum atomic E-state index is 12.0. The van der Waals surface area contributed by atoms with E-state index in [1.54, 1.807) is 0 Å². The lowest BCUT2D eigenvalue weighted by atomic mass is 10.1. The van der Waals surface area contributed by atoms with Gasteiger partial charge in [-0.3, -0.25) is 4.79 Å². The minimum atomic E-state index is -0.0737. The third-order valence-electron chi connectivity index (χ3n) is 3.47. The molecule has 104 valence electrons. The Hall–Kier alpha value is -2.30. The van der Waals surface area contributed by atoms with E-state index in [-0.39, 0.29) is 11.8 Å². The lowest BCUT2D eigenvalue weighted by molar-refractivity contribution is -0.119. The van der Waals surface area contributed by atoms with Gasteiger partial charge >= 0.3 is 0 Å². The minimum Gasteiger partial charge on any atom is -0.363 e. The van der Waals surface area contributed by atoms with Crippen molar-refractivity contribution >= 4 is 17.3 Å². The van der Waals surface area contributed by atoms with Crippen molar-refractivity contribution in [3.8, 4) is 0 Å². The molecule has 0 bridgehead atoms. The molecule has 0 radical (unpaired) electrons. The van der Waals surface area contributed by atoms with E-state index in [0.717, 1.165) is 22.8 Å². The summed E-state index contributed by atoms with van der Waals surface area (Å²) in [4.78, 5) is 14.2. The molecule has 5 heteroatoms. The first-order valence-corrected chi connectivity index (χ1v) is 6.70. The van der Waals surface area contributed by atoms with Gasteiger partial charge in [0.15, 0.2) is 0 Å². The maximum absolute atomic E-state index is 12.0. The van der Waals surface area contributed by atoms with Crippen molar-refractivity contribution in [3.05, 3.63) is 41.8 Å². The lowest BCUT2D eigenvalue weighted by Crippen LogP contribution is -2.30. The predicted octanol–water partition coefficient (Wildman–Crippen LogP) is 2.58. The van der Waals surface area contributed by atoms with Crippen LogP contribution in [0.4, 0.5) is 11.4 Å². The molecule has 1 aliphatic heterocycles. The molecule has 1 amide bonds. The average molecular weight is 271 g/mol. The average Bonchev–Trinajstić information content (AvgIpc) is 2.79. The Morgan fingerprint density at radius 1 is 1.45 bits per heavy atom. The number of hydrogen-bond donors (Lipinski definition) is 1. The number of aromatic nitrogens is 1. The van der Waals surface area contributed by atoms with Crippen LogP contribution in [0.15, 0.2) is 34.9 Å². The summed E-state index contributed by atoms with van der Waals surface area (Å²) < 4.78 is 5.11. The topological polar surface area (TPSA) is 58.4 Å². The molecule has 0 aliphatic carbocycles. The highest BCUT2D eigenvalue weighted by Crippen LogP contribution is 2.30. The van der Waals surface area contributed by atoms with Crippen molar-refractivity contribution in [1.29, 1.82) is 0 Å². The molecule has 1 aromatic heterocycles. The number of nitrogens with zero attached hydrogens (tertiary/aromatic N) is 2. The zero-order valence-corrected chi connectivity index (χ0v) is 11.6. The summed E-state index contributed by atoms with van der Waals surface area (Å²) in [5.41, 5.74) is 2.74. The number of nitrogens with one attached hydrogen (secondary N) is 1. The highest BCUT2D eigenvalue weighted by atomic mass is 16.5. The monoisotopic (exact) mass is 271 g/mol. The number of carbonyl (C=O) groups excluding carboxylic acids is 1. The summed E-state index contributed by atoms with van der Waals surface area (Å²) in [5, 5.41) is 7.00. The number of hydrogen-bond acceptors (Lipinski definition) is 4. The number of anilines is 2. The van der Waals surface area contributed by atoms with Crippen LogP contribution in [0, 0.1) is 12.8 Å². The summed E-state index contributed by atoms with van der Waals surface area (Å²) in [6.07, 6.45) is 0. The first-order valence-electron chi connectivity index (χ1n) is 6.70. The minimum absolute atomic E-state index is 0.0521. The number of benzene rings is 1. The number of rotatable bonds is 2. The third-order valence-corrected chi connectivity index (χ3v) is 3.47. The van der Waals surface area contributed by atoms with Crippen LogP contribution in [-0.2, 0) is 11.3 Å².